The average Bonchev–Trinajstić information content (AvgIpc) is 2.75. The van der Waals surface area contributed by atoms with Gasteiger partial charge in [0.2, 0.25) is 0 Å². The first-order valence-electron chi connectivity index (χ1n) is 10.4. The number of H-pyrrole nitrogens is 1. The van der Waals surface area contributed by atoms with Gasteiger partial charge in [-0.05, 0) is 23.3 Å². The van der Waals surface area contributed by atoms with E-state index >= 15 is 0 Å². The molecule has 0 amide bonds. The number of benzene rings is 2. The van der Waals surface area contributed by atoms with Crippen LogP contribution in [0.3, 0.4) is 0 Å². The second-order valence-electron chi connectivity index (χ2n) is 7.94. The molecule has 1 unspecified atom stereocenters. The van der Waals surface area contributed by atoms with Crippen molar-refractivity contribution < 1.29 is 14.7 Å². The highest BCUT2D eigenvalue weighted by Crippen LogP contribution is 2.15. The molecule has 1 aliphatic rings. The fourth-order valence-electron chi connectivity index (χ4n) is 4.14. The Balaban J connectivity index is 1.42. The maximum atomic E-state index is 12.7. The van der Waals surface area contributed by atoms with Crippen LogP contribution >= 0.6 is 0 Å². The third-order valence-corrected chi connectivity index (χ3v) is 5.64. The number of quaternary nitrogens is 1. The van der Waals surface area contributed by atoms with Crippen LogP contribution in [0.15, 0.2) is 59.4 Å². The summed E-state index contributed by atoms with van der Waals surface area (Å²) in [5.74, 6) is 1.47. The van der Waals surface area contributed by atoms with Crippen molar-refractivity contribution in [2.75, 3.05) is 20.2 Å². The topological polar surface area (TPSA) is 79.6 Å². The molecule has 0 saturated carbocycles. The lowest BCUT2D eigenvalue weighted by Crippen LogP contribution is -3.13. The highest BCUT2D eigenvalue weighted by molar-refractivity contribution is 5.30. The molecule has 156 valence electrons. The summed E-state index contributed by atoms with van der Waals surface area (Å²) >= 11 is 0. The minimum absolute atomic E-state index is 0.0624. The summed E-state index contributed by atoms with van der Waals surface area (Å²) in [6.07, 6.45) is 1.51. The first-order chi connectivity index (χ1) is 14.6. The van der Waals surface area contributed by atoms with Crippen LogP contribution in [0, 0.1) is 0 Å². The lowest BCUT2D eigenvalue weighted by molar-refractivity contribution is -0.919. The van der Waals surface area contributed by atoms with Gasteiger partial charge in [-0.1, -0.05) is 42.5 Å². The van der Waals surface area contributed by atoms with Gasteiger partial charge < -0.3 is 19.7 Å². The number of aromatic amines is 1. The van der Waals surface area contributed by atoms with Crippen LogP contribution in [0.5, 0.6) is 5.75 Å². The number of aliphatic hydroxyl groups excluding tert-OH is 1. The highest BCUT2D eigenvalue weighted by Gasteiger charge is 2.26. The third-order valence-electron chi connectivity index (χ3n) is 5.64. The van der Waals surface area contributed by atoms with Gasteiger partial charge in [-0.25, -0.2) is 4.98 Å². The van der Waals surface area contributed by atoms with Crippen molar-refractivity contribution in [3.05, 3.63) is 93.2 Å². The molecule has 2 aromatic carbocycles. The number of hydrogen-bond acceptors (Lipinski definition) is 4. The summed E-state index contributed by atoms with van der Waals surface area (Å²) in [4.78, 5) is 21.6. The molecule has 4 rings (SSSR count). The van der Waals surface area contributed by atoms with E-state index in [4.69, 9.17) is 9.72 Å². The molecule has 0 saturated heterocycles. The standard InChI is InChI=1S/C24H27N3O3/c1-30-20-9-5-8-18(13-20)14-23-25-22-10-11-27(16-21(22)24(29)26-23)15-19(28)12-17-6-3-2-4-7-17/h2-9,13,19,28H,10-12,14-16H2,1H3,(H,25,26,29)/p+1/t19-/m1/s1. The maximum absolute atomic E-state index is 12.7. The number of ether oxygens (including phenoxy) is 1. The fourth-order valence-corrected chi connectivity index (χ4v) is 4.14. The maximum Gasteiger partial charge on any atom is 0.260 e. The van der Waals surface area contributed by atoms with Crippen molar-refractivity contribution in [3.63, 3.8) is 0 Å². The van der Waals surface area contributed by atoms with Crippen LogP contribution in [-0.4, -0.2) is 41.4 Å². The molecular weight excluding hydrogens is 378 g/mol. The van der Waals surface area contributed by atoms with Crippen molar-refractivity contribution in [2.24, 2.45) is 0 Å². The van der Waals surface area contributed by atoms with Crippen molar-refractivity contribution in [1.82, 2.24) is 9.97 Å². The minimum Gasteiger partial charge on any atom is -0.497 e. The van der Waals surface area contributed by atoms with E-state index in [2.05, 4.69) is 4.98 Å². The van der Waals surface area contributed by atoms with Gasteiger partial charge in [0.25, 0.3) is 5.56 Å². The normalized spacial score (nSPS) is 16.7. The molecule has 2 heterocycles. The second-order valence-corrected chi connectivity index (χ2v) is 7.94. The summed E-state index contributed by atoms with van der Waals surface area (Å²) in [5, 5.41) is 10.5. The van der Waals surface area contributed by atoms with Gasteiger partial charge in [-0.15, -0.1) is 0 Å². The van der Waals surface area contributed by atoms with Crippen molar-refractivity contribution >= 4 is 0 Å². The van der Waals surface area contributed by atoms with Crippen LogP contribution < -0.4 is 15.2 Å². The Kier molecular flexibility index (Phi) is 6.26. The van der Waals surface area contributed by atoms with E-state index in [-0.39, 0.29) is 5.56 Å². The summed E-state index contributed by atoms with van der Waals surface area (Å²) in [6.45, 7) is 2.09. The van der Waals surface area contributed by atoms with E-state index in [1.807, 2.05) is 54.6 Å². The number of hydrogen-bond donors (Lipinski definition) is 3. The van der Waals surface area contributed by atoms with E-state index in [0.29, 0.717) is 31.8 Å². The van der Waals surface area contributed by atoms with Crippen molar-refractivity contribution in [2.45, 2.75) is 31.9 Å². The number of rotatable bonds is 7. The van der Waals surface area contributed by atoms with E-state index in [0.717, 1.165) is 41.1 Å². The Morgan fingerprint density at radius 1 is 1.17 bits per heavy atom. The average molecular weight is 407 g/mol. The molecule has 1 aromatic heterocycles. The van der Waals surface area contributed by atoms with Crippen molar-refractivity contribution in [3.8, 4) is 5.75 Å². The lowest BCUT2D eigenvalue weighted by atomic mass is 10.0. The largest absolute Gasteiger partial charge is 0.497 e. The predicted octanol–water partition coefficient (Wildman–Crippen LogP) is 0.914. The number of aliphatic hydroxyl groups is 1. The molecule has 2 atom stereocenters. The zero-order valence-corrected chi connectivity index (χ0v) is 17.2. The molecule has 0 spiro atoms. The van der Waals surface area contributed by atoms with Crippen LogP contribution in [0.1, 0.15) is 28.2 Å². The molecule has 0 bridgehead atoms. The first-order valence-corrected chi connectivity index (χ1v) is 10.4. The molecule has 6 nitrogen and oxygen atoms in total. The smallest absolute Gasteiger partial charge is 0.260 e. The van der Waals surface area contributed by atoms with E-state index in [1.165, 1.54) is 4.90 Å². The van der Waals surface area contributed by atoms with Crippen LogP contribution in [0.25, 0.3) is 0 Å². The zero-order valence-electron chi connectivity index (χ0n) is 17.2. The van der Waals surface area contributed by atoms with Gasteiger partial charge in [-0.3, -0.25) is 4.79 Å². The fraction of sp³-hybridized carbons (Fsp3) is 0.333. The quantitative estimate of drug-likeness (QED) is 0.545. The van der Waals surface area contributed by atoms with Gasteiger partial charge in [-0.2, -0.15) is 0 Å². The lowest BCUT2D eigenvalue weighted by Gasteiger charge is -2.26. The SMILES string of the molecule is COc1cccc(Cc2nc3c(c(=O)[nH]2)C[NH+](C[C@H](O)Cc2ccccc2)CC3)c1. The summed E-state index contributed by atoms with van der Waals surface area (Å²) < 4.78 is 5.27. The Morgan fingerprint density at radius 2 is 1.97 bits per heavy atom. The van der Waals surface area contributed by atoms with Crippen molar-refractivity contribution in [1.29, 1.82) is 0 Å². The molecule has 3 N–H and O–H groups in total. The van der Waals surface area contributed by atoms with E-state index < -0.39 is 6.10 Å². The molecule has 1 aliphatic heterocycles. The summed E-state index contributed by atoms with van der Waals surface area (Å²) in [7, 11) is 1.64. The Hall–Kier alpha value is -2.96. The molecule has 0 radical (unpaired) electrons. The number of fused-ring (bicyclic) bond motifs is 1. The summed E-state index contributed by atoms with van der Waals surface area (Å²) in [6, 6.07) is 17.8. The van der Waals surface area contributed by atoms with Crippen LogP contribution in [0.4, 0.5) is 0 Å². The van der Waals surface area contributed by atoms with Gasteiger partial charge in [0.15, 0.2) is 0 Å². The monoisotopic (exact) mass is 406 g/mol. The highest BCUT2D eigenvalue weighted by atomic mass is 16.5. The predicted molar refractivity (Wildman–Crippen MR) is 115 cm³/mol. The molecule has 0 aliphatic carbocycles. The van der Waals surface area contributed by atoms with Gasteiger partial charge >= 0.3 is 0 Å². The molecule has 0 fully saturated rings. The number of nitrogens with one attached hydrogen (secondary N) is 2. The second kappa shape index (κ2) is 9.24. The van der Waals surface area contributed by atoms with E-state index in [1.54, 1.807) is 7.11 Å². The Bertz CT molecular complexity index is 1050. The molecule has 6 heteroatoms. The number of nitrogens with zero attached hydrogens (tertiary/aromatic N) is 1. The summed E-state index contributed by atoms with van der Waals surface area (Å²) in [5.41, 5.74) is 3.75. The van der Waals surface area contributed by atoms with E-state index in [9.17, 15) is 9.90 Å². The first kappa shape index (κ1) is 20.3. The Morgan fingerprint density at radius 3 is 2.77 bits per heavy atom. The molecule has 30 heavy (non-hydrogen) atoms. The Labute approximate surface area is 176 Å². The van der Waals surface area contributed by atoms with Gasteiger partial charge in [0.05, 0.1) is 24.9 Å². The van der Waals surface area contributed by atoms with Crippen LogP contribution in [0.2, 0.25) is 0 Å². The molecular formula is C24H28N3O3+. The van der Waals surface area contributed by atoms with Gasteiger partial charge in [0.1, 0.15) is 30.8 Å². The van der Waals surface area contributed by atoms with Gasteiger partial charge in [0, 0.05) is 19.3 Å². The molecule has 3 aromatic rings. The third kappa shape index (κ3) is 4.96. The zero-order chi connectivity index (χ0) is 20.9. The van der Waals surface area contributed by atoms with Crippen LogP contribution in [-0.2, 0) is 25.8 Å². The minimum atomic E-state index is -0.427. The number of aromatic nitrogens is 2. The number of methoxy groups -OCH3 is 1.